The fourth-order valence-electron chi connectivity index (χ4n) is 1.49. The highest BCUT2D eigenvalue weighted by Crippen LogP contribution is 2.18. The Labute approximate surface area is 114 Å². The van der Waals surface area contributed by atoms with Crippen LogP contribution in [0.4, 0.5) is 5.69 Å². The van der Waals surface area contributed by atoms with Crippen LogP contribution in [0.1, 0.15) is 0 Å². The van der Waals surface area contributed by atoms with Crippen molar-refractivity contribution in [1.82, 2.24) is 0 Å². The molecule has 2 rings (SSSR count). The maximum Gasteiger partial charge on any atom is 0.341 e. The van der Waals surface area contributed by atoms with E-state index in [-0.39, 0.29) is 5.76 Å². The quantitative estimate of drug-likeness (QED) is 0.834. The van der Waals surface area contributed by atoms with Crippen molar-refractivity contribution in [2.45, 2.75) is 0 Å². The average Bonchev–Trinajstić information content (AvgIpc) is 2.46. The molecule has 2 N–H and O–H groups in total. The molecule has 0 atom stereocenters. The summed E-state index contributed by atoms with van der Waals surface area (Å²) in [6, 6.07) is 6.40. The normalized spacial score (nSPS) is 13.5. The van der Waals surface area contributed by atoms with E-state index in [2.05, 4.69) is 5.32 Å². The van der Waals surface area contributed by atoms with Crippen LogP contribution >= 0.6 is 0 Å². The van der Waals surface area contributed by atoms with Crippen LogP contribution in [-0.2, 0) is 19.1 Å². The molecule has 1 amide bonds. The van der Waals surface area contributed by atoms with Crippen molar-refractivity contribution in [2.75, 3.05) is 25.1 Å². The highest BCUT2D eigenvalue weighted by Gasteiger charge is 2.15. The summed E-state index contributed by atoms with van der Waals surface area (Å²) in [6.45, 7) is 0.288. The smallest absolute Gasteiger partial charge is 0.341 e. The third kappa shape index (κ3) is 3.91. The molecular formula is C13H13NO6. The van der Waals surface area contributed by atoms with Gasteiger partial charge in [-0.2, -0.15) is 0 Å². The molecule has 0 aromatic heterocycles. The Morgan fingerprint density at radius 3 is 2.90 bits per heavy atom. The van der Waals surface area contributed by atoms with Crippen LogP contribution in [-0.4, -0.2) is 36.8 Å². The number of hydrogen-bond donors (Lipinski definition) is 2. The number of carboxylic acids is 1. The van der Waals surface area contributed by atoms with Crippen LogP contribution in [0.2, 0.25) is 0 Å². The first-order chi connectivity index (χ1) is 9.65. The van der Waals surface area contributed by atoms with Gasteiger partial charge in [-0.05, 0) is 12.1 Å². The Hall–Kier alpha value is -2.70. The second kappa shape index (κ2) is 6.46. The molecule has 7 nitrogen and oxygen atoms in total. The number of aliphatic carboxylic acids is 1. The van der Waals surface area contributed by atoms with Crippen molar-refractivity contribution >= 4 is 17.6 Å². The predicted octanol–water partition coefficient (Wildman–Crippen LogP) is 0.977. The second-order valence-corrected chi connectivity index (χ2v) is 3.87. The van der Waals surface area contributed by atoms with E-state index in [4.69, 9.17) is 19.3 Å². The Bertz CT molecular complexity index is 539. The molecule has 0 fully saturated rings. The van der Waals surface area contributed by atoms with Gasteiger partial charge in [0.15, 0.2) is 6.61 Å². The standard InChI is InChI=1S/C13H13NO6/c15-12(16)8-20-10-3-1-2-9(6-10)14-13(17)11-7-18-4-5-19-11/h1-3,6-7H,4-5,8H2,(H,14,17)(H,15,16). The molecule has 1 aliphatic rings. The molecule has 0 spiro atoms. The molecule has 0 radical (unpaired) electrons. The SMILES string of the molecule is O=C(O)COc1cccc(NC(=O)C2=COCCO2)c1. The second-order valence-electron chi connectivity index (χ2n) is 3.87. The third-order valence-corrected chi connectivity index (χ3v) is 2.33. The zero-order valence-corrected chi connectivity index (χ0v) is 10.5. The van der Waals surface area contributed by atoms with Crippen LogP contribution in [0.25, 0.3) is 0 Å². The summed E-state index contributed by atoms with van der Waals surface area (Å²) in [5, 5.41) is 11.1. The van der Waals surface area contributed by atoms with E-state index in [1.807, 2.05) is 0 Å². The summed E-state index contributed by atoms with van der Waals surface area (Å²) in [5.74, 6) is -1.08. The third-order valence-electron chi connectivity index (χ3n) is 2.33. The van der Waals surface area contributed by atoms with Gasteiger partial charge >= 0.3 is 5.97 Å². The summed E-state index contributed by atoms with van der Waals surface area (Å²) >= 11 is 0. The maximum atomic E-state index is 11.8. The minimum atomic E-state index is -1.07. The number of hydrogen-bond acceptors (Lipinski definition) is 5. The van der Waals surface area contributed by atoms with Crippen LogP contribution in [0.3, 0.4) is 0 Å². The van der Waals surface area contributed by atoms with E-state index in [9.17, 15) is 9.59 Å². The van der Waals surface area contributed by atoms with Crippen molar-refractivity contribution in [3.63, 3.8) is 0 Å². The molecule has 0 unspecified atom stereocenters. The van der Waals surface area contributed by atoms with Gasteiger partial charge in [0, 0.05) is 11.8 Å². The van der Waals surface area contributed by atoms with Gasteiger partial charge in [0.2, 0.25) is 5.76 Å². The zero-order chi connectivity index (χ0) is 14.4. The molecule has 1 aliphatic heterocycles. The minimum absolute atomic E-state index is 0.0908. The molecule has 7 heteroatoms. The van der Waals surface area contributed by atoms with Gasteiger partial charge in [-0.1, -0.05) is 6.07 Å². The molecule has 20 heavy (non-hydrogen) atoms. The summed E-state index contributed by atoms with van der Waals surface area (Å²) in [7, 11) is 0. The van der Waals surface area contributed by atoms with Crippen molar-refractivity contribution in [3.8, 4) is 5.75 Å². The lowest BCUT2D eigenvalue weighted by Gasteiger charge is -2.15. The van der Waals surface area contributed by atoms with Gasteiger partial charge in [0.05, 0.1) is 0 Å². The molecule has 1 aromatic carbocycles. The fraction of sp³-hybridized carbons (Fsp3) is 0.231. The van der Waals surface area contributed by atoms with Crippen molar-refractivity contribution in [2.24, 2.45) is 0 Å². The molecule has 1 heterocycles. The fourth-order valence-corrected chi connectivity index (χ4v) is 1.49. The van der Waals surface area contributed by atoms with Crippen LogP contribution in [0.15, 0.2) is 36.3 Å². The minimum Gasteiger partial charge on any atom is -0.494 e. The Morgan fingerprint density at radius 1 is 1.35 bits per heavy atom. The van der Waals surface area contributed by atoms with E-state index in [0.717, 1.165) is 0 Å². The van der Waals surface area contributed by atoms with Crippen molar-refractivity contribution < 1.29 is 28.9 Å². The zero-order valence-electron chi connectivity index (χ0n) is 10.5. The average molecular weight is 279 g/mol. The molecule has 0 bridgehead atoms. The number of carbonyl (C=O) groups is 2. The molecule has 1 aromatic rings. The summed E-state index contributed by atoms with van der Waals surface area (Å²) in [5.41, 5.74) is 0.466. The monoisotopic (exact) mass is 279 g/mol. The first-order valence-corrected chi connectivity index (χ1v) is 5.86. The molecular weight excluding hydrogens is 266 g/mol. The van der Waals surface area contributed by atoms with Crippen LogP contribution in [0, 0.1) is 0 Å². The number of benzene rings is 1. The van der Waals surface area contributed by atoms with Gasteiger partial charge in [-0.15, -0.1) is 0 Å². The summed E-state index contributed by atoms with van der Waals surface area (Å²) in [4.78, 5) is 22.2. The highest BCUT2D eigenvalue weighted by molar-refractivity contribution is 6.02. The number of carbonyl (C=O) groups excluding carboxylic acids is 1. The number of nitrogens with one attached hydrogen (secondary N) is 1. The van der Waals surface area contributed by atoms with Gasteiger partial charge in [-0.25, -0.2) is 4.79 Å². The molecule has 0 saturated carbocycles. The topological polar surface area (TPSA) is 94.1 Å². The molecule has 106 valence electrons. The first kappa shape index (κ1) is 13.7. The van der Waals surface area contributed by atoms with E-state index in [1.165, 1.54) is 12.3 Å². The number of amides is 1. The Kier molecular flexibility index (Phi) is 4.43. The van der Waals surface area contributed by atoms with Gasteiger partial charge in [0.25, 0.3) is 5.91 Å². The van der Waals surface area contributed by atoms with Crippen molar-refractivity contribution in [1.29, 1.82) is 0 Å². The molecule has 0 saturated heterocycles. The molecule has 0 aliphatic carbocycles. The highest BCUT2D eigenvalue weighted by atomic mass is 16.6. The van der Waals surface area contributed by atoms with E-state index in [0.29, 0.717) is 24.7 Å². The number of anilines is 1. The van der Waals surface area contributed by atoms with Crippen molar-refractivity contribution in [3.05, 3.63) is 36.3 Å². The lowest BCUT2D eigenvalue weighted by molar-refractivity contribution is -0.139. The van der Waals surface area contributed by atoms with E-state index in [1.54, 1.807) is 18.2 Å². The van der Waals surface area contributed by atoms with Gasteiger partial charge in [-0.3, -0.25) is 4.79 Å². The summed E-state index contributed by atoms with van der Waals surface area (Å²) < 4.78 is 15.1. The lowest BCUT2D eigenvalue weighted by atomic mass is 10.3. The Morgan fingerprint density at radius 2 is 2.20 bits per heavy atom. The van der Waals surface area contributed by atoms with E-state index < -0.39 is 18.5 Å². The first-order valence-electron chi connectivity index (χ1n) is 5.86. The van der Waals surface area contributed by atoms with E-state index >= 15 is 0 Å². The Balaban J connectivity index is 1.98. The summed E-state index contributed by atoms with van der Waals surface area (Å²) in [6.07, 6.45) is 1.25. The van der Waals surface area contributed by atoms with Crippen LogP contribution in [0.5, 0.6) is 5.75 Å². The van der Waals surface area contributed by atoms with Gasteiger partial charge in [0.1, 0.15) is 25.2 Å². The lowest BCUT2D eigenvalue weighted by Crippen LogP contribution is -2.21. The largest absolute Gasteiger partial charge is 0.494 e. The number of ether oxygens (including phenoxy) is 3. The maximum absolute atomic E-state index is 11.8. The van der Waals surface area contributed by atoms with Gasteiger partial charge < -0.3 is 24.6 Å². The number of rotatable bonds is 5. The van der Waals surface area contributed by atoms with Crippen LogP contribution < -0.4 is 10.1 Å². The number of carboxylic acid groups (broad SMARTS) is 1. The predicted molar refractivity (Wildman–Crippen MR) is 68.2 cm³/mol.